The molecule has 104 valence electrons. The Morgan fingerprint density at radius 2 is 2.00 bits per heavy atom. The van der Waals surface area contributed by atoms with Crippen LogP contribution in [0.4, 0.5) is 10.5 Å². The highest BCUT2D eigenvalue weighted by atomic mass is 16.5. The monoisotopic (exact) mass is 266 g/mol. The minimum atomic E-state index is -1.03. The van der Waals surface area contributed by atoms with Crippen LogP contribution in [0.3, 0.4) is 0 Å². The van der Waals surface area contributed by atoms with Crippen molar-refractivity contribution < 1.29 is 19.4 Å². The largest absolute Gasteiger partial charge is 0.493 e. The molecule has 0 bridgehead atoms. The standard InChI is InChI=1S/C13H18N2O4/c1-7-4-9(15-13(16)17)8-5-11(18-2)12(19-3)6-10(8)14-7/h5-7,9,14-15H,4H2,1-3H3,(H,16,17). The Balaban J connectivity index is 2.44. The molecule has 0 saturated heterocycles. The van der Waals surface area contributed by atoms with Crippen LogP contribution in [-0.4, -0.2) is 31.5 Å². The number of anilines is 1. The van der Waals surface area contributed by atoms with Crippen LogP contribution >= 0.6 is 0 Å². The maximum Gasteiger partial charge on any atom is 0.405 e. The summed E-state index contributed by atoms with van der Waals surface area (Å²) in [5.74, 6) is 1.21. The van der Waals surface area contributed by atoms with E-state index in [9.17, 15) is 4.79 Å². The maximum absolute atomic E-state index is 10.9. The van der Waals surface area contributed by atoms with Crippen LogP contribution < -0.4 is 20.1 Å². The molecular formula is C13H18N2O4. The molecule has 2 rings (SSSR count). The van der Waals surface area contributed by atoms with E-state index in [1.807, 2.05) is 19.1 Å². The van der Waals surface area contributed by atoms with Crippen LogP contribution in [0.5, 0.6) is 11.5 Å². The Kier molecular flexibility index (Phi) is 3.69. The van der Waals surface area contributed by atoms with Gasteiger partial charge in [0.15, 0.2) is 11.5 Å². The molecular weight excluding hydrogens is 248 g/mol. The van der Waals surface area contributed by atoms with Gasteiger partial charge in [-0.2, -0.15) is 0 Å². The second kappa shape index (κ2) is 5.26. The number of benzene rings is 1. The van der Waals surface area contributed by atoms with Crippen LogP contribution in [0.25, 0.3) is 0 Å². The van der Waals surface area contributed by atoms with Gasteiger partial charge in [0.05, 0.1) is 20.3 Å². The van der Waals surface area contributed by atoms with Gasteiger partial charge in [0.25, 0.3) is 0 Å². The van der Waals surface area contributed by atoms with Gasteiger partial charge in [-0.1, -0.05) is 0 Å². The minimum Gasteiger partial charge on any atom is -0.493 e. The van der Waals surface area contributed by atoms with Crippen LogP contribution in [0.15, 0.2) is 12.1 Å². The number of methoxy groups -OCH3 is 2. The molecule has 0 aliphatic carbocycles. The third kappa shape index (κ3) is 2.67. The molecule has 0 fully saturated rings. The van der Waals surface area contributed by atoms with Crippen molar-refractivity contribution >= 4 is 11.8 Å². The number of nitrogens with one attached hydrogen (secondary N) is 2. The first-order valence-corrected chi connectivity index (χ1v) is 6.07. The van der Waals surface area contributed by atoms with Crippen molar-refractivity contribution in [1.29, 1.82) is 0 Å². The van der Waals surface area contributed by atoms with Gasteiger partial charge < -0.3 is 25.2 Å². The molecule has 2 atom stereocenters. The Morgan fingerprint density at radius 1 is 1.37 bits per heavy atom. The first-order valence-electron chi connectivity index (χ1n) is 6.07. The average molecular weight is 266 g/mol. The summed E-state index contributed by atoms with van der Waals surface area (Å²) < 4.78 is 10.5. The molecule has 6 heteroatoms. The van der Waals surface area contributed by atoms with Crippen molar-refractivity contribution in [2.75, 3.05) is 19.5 Å². The lowest BCUT2D eigenvalue weighted by Gasteiger charge is -2.32. The number of fused-ring (bicyclic) bond motifs is 1. The molecule has 1 aliphatic rings. The zero-order chi connectivity index (χ0) is 14.0. The van der Waals surface area contributed by atoms with E-state index in [0.717, 1.165) is 11.3 Å². The minimum absolute atomic E-state index is 0.183. The zero-order valence-electron chi connectivity index (χ0n) is 11.2. The first-order chi connectivity index (χ1) is 9.05. The Morgan fingerprint density at radius 3 is 2.58 bits per heavy atom. The van der Waals surface area contributed by atoms with E-state index in [4.69, 9.17) is 14.6 Å². The molecule has 2 unspecified atom stereocenters. The molecule has 1 aromatic carbocycles. The number of carboxylic acid groups (broad SMARTS) is 1. The summed E-state index contributed by atoms with van der Waals surface area (Å²) in [4.78, 5) is 10.9. The SMILES string of the molecule is COc1cc2c(cc1OC)C(NC(=O)O)CC(C)N2. The van der Waals surface area contributed by atoms with Crippen molar-refractivity contribution in [2.45, 2.75) is 25.4 Å². The van der Waals surface area contributed by atoms with Crippen LogP contribution in [0, 0.1) is 0 Å². The van der Waals surface area contributed by atoms with Gasteiger partial charge >= 0.3 is 6.09 Å². The predicted molar refractivity (Wildman–Crippen MR) is 71.1 cm³/mol. The third-order valence-electron chi connectivity index (χ3n) is 3.22. The molecule has 19 heavy (non-hydrogen) atoms. The molecule has 0 radical (unpaired) electrons. The van der Waals surface area contributed by atoms with E-state index in [1.54, 1.807) is 14.2 Å². The van der Waals surface area contributed by atoms with Crippen molar-refractivity contribution in [2.24, 2.45) is 0 Å². The molecule has 0 spiro atoms. The summed E-state index contributed by atoms with van der Waals surface area (Å²) >= 11 is 0. The fraction of sp³-hybridized carbons (Fsp3) is 0.462. The van der Waals surface area contributed by atoms with Gasteiger partial charge in [-0.3, -0.25) is 0 Å². The molecule has 1 heterocycles. The number of carbonyl (C=O) groups is 1. The Hall–Kier alpha value is -2.11. The summed E-state index contributed by atoms with van der Waals surface area (Å²) in [5.41, 5.74) is 1.74. The fourth-order valence-electron chi connectivity index (χ4n) is 2.40. The first kappa shape index (κ1) is 13.3. The molecule has 0 saturated carbocycles. The smallest absolute Gasteiger partial charge is 0.405 e. The molecule has 1 aromatic rings. The van der Waals surface area contributed by atoms with E-state index < -0.39 is 6.09 Å². The van der Waals surface area contributed by atoms with E-state index in [1.165, 1.54) is 0 Å². The predicted octanol–water partition coefficient (Wildman–Crippen LogP) is 2.22. The Bertz CT molecular complexity index is 490. The number of ether oxygens (including phenoxy) is 2. The number of rotatable bonds is 3. The van der Waals surface area contributed by atoms with E-state index in [0.29, 0.717) is 17.9 Å². The van der Waals surface area contributed by atoms with Crippen molar-refractivity contribution in [3.63, 3.8) is 0 Å². The summed E-state index contributed by atoms with van der Waals surface area (Å²) in [7, 11) is 3.13. The number of hydrogen-bond acceptors (Lipinski definition) is 4. The van der Waals surface area contributed by atoms with Gasteiger partial charge in [0.2, 0.25) is 0 Å². The molecule has 1 aliphatic heterocycles. The van der Waals surface area contributed by atoms with Gasteiger partial charge in [-0.15, -0.1) is 0 Å². The molecule has 3 N–H and O–H groups in total. The highest BCUT2D eigenvalue weighted by molar-refractivity contribution is 5.69. The highest BCUT2D eigenvalue weighted by Crippen LogP contribution is 2.40. The second-order valence-electron chi connectivity index (χ2n) is 4.58. The van der Waals surface area contributed by atoms with Crippen molar-refractivity contribution in [1.82, 2.24) is 5.32 Å². The normalized spacial score (nSPS) is 21.0. The van der Waals surface area contributed by atoms with Gasteiger partial charge in [-0.25, -0.2) is 4.79 Å². The number of hydrogen-bond donors (Lipinski definition) is 3. The topological polar surface area (TPSA) is 79.8 Å². The average Bonchev–Trinajstić information content (AvgIpc) is 2.36. The van der Waals surface area contributed by atoms with Crippen LogP contribution in [0.1, 0.15) is 24.9 Å². The van der Waals surface area contributed by atoms with Crippen molar-refractivity contribution in [3.8, 4) is 11.5 Å². The second-order valence-corrected chi connectivity index (χ2v) is 4.58. The lowest BCUT2D eigenvalue weighted by molar-refractivity contribution is 0.188. The summed E-state index contributed by atoms with van der Waals surface area (Å²) in [6, 6.07) is 3.58. The van der Waals surface area contributed by atoms with Gasteiger partial charge in [0.1, 0.15) is 0 Å². The molecule has 1 amide bonds. The fourth-order valence-corrected chi connectivity index (χ4v) is 2.40. The Labute approximate surface area is 111 Å². The molecule has 6 nitrogen and oxygen atoms in total. The summed E-state index contributed by atoms with van der Waals surface area (Å²) in [6.07, 6.45) is -0.339. The van der Waals surface area contributed by atoms with Gasteiger partial charge in [0, 0.05) is 23.4 Å². The third-order valence-corrected chi connectivity index (χ3v) is 3.22. The summed E-state index contributed by atoms with van der Waals surface area (Å²) in [5, 5.41) is 14.8. The van der Waals surface area contributed by atoms with Gasteiger partial charge in [-0.05, 0) is 19.4 Å². The maximum atomic E-state index is 10.9. The van der Waals surface area contributed by atoms with E-state index in [2.05, 4.69) is 10.6 Å². The van der Waals surface area contributed by atoms with Crippen LogP contribution in [0.2, 0.25) is 0 Å². The summed E-state index contributed by atoms with van der Waals surface area (Å²) in [6.45, 7) is 2.01. The lowest BCUT2D eigenvalue weighted by Crippen LogP contribution is -2.35. The quantitative estimate of drug-likeness (QED) is 0.781. The number of amides is 1. The van der Waals surface area contributed by atoms with Crippen molar-refractivity contribution in [3.05, 3.63) is 17.7 Å². The van der Waals surface area contributed by atoms with E-state index in [-0.39, 0.29) is 12.1 Å². The highest BCUT2D eigenvalue weighted by Gasteiger charge is 2.27. The van der Waals surface area contributed by atoms with Crippen LogP contribution in [-0.2, 0) is 0 Å². The zero-order valence-corrected chi connectivity index (χ0v) is 11.2. The molecule has 0 aromatic heterocycles. The lowest BCUT2D eigenvalue weighted by atomic mass is 9.93. The van der Waals surface area contributed by atoms with E-state index >= 15 is 0 Å².